The standard InChI is InChI=1S/C15H9ClO2S/c16-12-5-6-13-10(7-12)3-1-9-2-4-11(15(17)18)8-14(9)19-13/h1-8H,(H,17,18). The van der Waals surface area contributed by atoms with Crippen LogP contribution in [0.3, 0.4) is 0 Å². The Labute approximate surface area is 119 Å². The molecule has 0 bridgehead atoms. The molecule has 0 aliphatic carbocycles. The number of carboxylic acid groups (broad SMARTS) is 1. The van der Waals surface area contributed by atoms with E-state index in [-0.39, 0.29) is 0 Å². The molecule has 0 radical (unpaired) electrons. The summed E-state index contributed by atoms with van der Waals surface area (Å²) < 4.78 is 0. The van der Waals surface area contributed by atoms with Gasteiger partial charge in [0.25, 0.3) is 0 Å². The SMILES string of the molecule is O=C(O)c1ccc2c(c1)Sc1ccc(Cl)cc1C=C2. The Morgan fingerprint density at radius 1 is 1.00 bits per heavy atom. The molecule has 4 heteroatoms. The number of fused-ring (bicyclic) bond motifs is 2. The van der Waals surface area contributed by atoms with E-state index in [2.05, 4.69) is 0 Å². The molecule has 0 unspecified atom stereocenters. The number of hydrogen-bond donors (Lipinski definition) is 1. The molecule has 1 N–H and O–H groups in total. The van der Waals surface area contributed by atoms with Gasteiger partial charge in [-0.25, -0.2) is 4.79 Å². The first-order valence-corrected chi connectivity index (χ1v) is 6.86. The number of halogens is 1. The van der Waals surface area contributed by atoms with Crippen molar-refractivity contribution in [1.82, 2.24) is 0 Å². The number of carbonyl (C=O) groups is 1. The third kappa shape index (κ3) is 2.39. The molecular weight excluding hydrogens is 280 g/mol. The summed E-state index contributed by atoms with van der Waals surface area (Å²) in [6.07, 6.45) is 3.98. The van der Waals surface area contributed by atoms with Crippen LogP contribution in [0.5, 0.6) is 0 Å². The molecular formula is C15H9ClO2S. The first-order valence-electron chi connectivity index (χ1n) is 5.66. The second-order valence-corrected chi connectivity index (χ2v) is 5.70. The smallest absolute Gasteiger partial charge is 0.335 e. The molecule has 3 rings (SSSR count). The summed E-state index contributed by atoms with van der Waals surface area (Å²) in [6, 6.07) is 10.9. The lowest BCUT2D eigenvalue weighted by molar-refractivity contribution is 0.0696. The molecule has 2 aromatic carbocycles. The van der Waals surface area contributed by atoms with Crippen LogP contribution in [0.15, 0.2) is 46.2 Å². The number of benzene rings is 2. The van der Waals surface area contributed by atoms with Crippen LogP contribution in [0.1, 0.15) is 21.5 Å². The van der Waals surface area contributed by atoms with Crippen LogP contribution in [0.25, 0.3) is 12.2 Å². The molecule has 0 atom stereocenters. The second kappa shape index (κ2) is 4.76. The van der Waals surface area contributed by atoms with Crippen LogP contribution in [-0.2, 0) is 0 Å². The van der Waals surface area contributed by atoms with Crippen LogP contribution in [-0.4, -0.2) is 11.1 Å². The second-order valence-electron chi connectivity index (χ2n) is 4.18. The number of aromatic carboxylic acids is 1. The van der Waals surface area contributed by atoms with E-state index in [1.54, 1.807) is 23.9 Å². The van der Waals surface area contributed by atoms with Crippen LogP contribution in [0.2, 0.25) is 5.02 Å². The van der Waals surface area contributed by atoms with E-state index >= 15 is 0 Å². The van der Waals surface area contributed by atoms with Crippen molar-refractivity contribution in [3.63, 3.8) is 0 Å². The number of hydrogen-bond acceptors (Lipinski definition) is 2. The van der Waals surface area contributed by atoms with E-state index in [1.165, 1.54) is 0 Å². The van der Waals surface area contributed by atoms with E-state index in [4.69, 9.17) is 16.7 Å². The molecule has 0 fully saturated rings. The van der Waals surface area contributed by atoms with Crippen molar-refractivity contribution in [2.45, 2.75) is 9.79 Å². The van der Waals surface area contributed by atoms with Gasteiger partial charge in [0.15, 0.2) is 0 Å². The molecule has 0 saturated heterocycles. The molecule has 0 saturated carbocycles. The molecule has 0 spiro atoms. The summed E-state index contributed by atoms with van der Waals surface area (Å²) in [4.78, 5) is 13.0. The van der Waals surface area contributed by atoms with Crippen molar-refractivity contribution in [3.05, 3.63) is 58.1 Å². The maximum absolute atomic E-state index is 11.0. The first-order chi connectivity index (χ1) is 9.13. The van der Waals surface area contributed by atoms with E-state index in [1.807, 2.05) is 36.4 Å². The van der Waals surface area contributed by atoms with Crippen molar-refractivity contribution in [3.8, 4) is 0 Å². The minimum Gasteiger partial charge on any atom is -0.478 e. The molecule has 1 heterocycles. The van der Waals surface area contributed by atoms with Gasteiger partial charge in [-0.1, -0.05) is 41.6 Å². The van der Waals surface area contributed by atoms with Crippen molar-refractivity contribution < 1.29 is 9.90 Å². The fourth-order valence-electron chi connectivity index (χ4n) is 1.93. The minimum absolute atomic E-state index is 0.303. The maximum Gasteiger partial charge on any atom is 0.335 e. The molecule has 19 heavy (non-hydrogen) atoms. The van der Waals surface area contributed by atoms with Crippen molar-refractivity contribution in [2.24, 2.45) is 0 Å². The lowest BCUT2D eigenvalue weighted by Gasteiger charge is -2.06. The zero-order chi connectivity index (χ0) is 13.4. The first kappa shape index (κ1) is 12.3. The highest BCUT2D eigenvalue weighted by Crippen LogP contribution is 2.38. The van der Waals surface area contributed by atoms with Crippen LogP contribution in [0.4, 0.5) is 0 Å². The Hall–Kier alpha value is -1.71. The van der Waals surface area contributed by atoms with Crippen molar-refractivity contribution >= 4 is 41.5 Å². The van der Waals surface area contributed by atoms with Gasteiger partial charge in [-0.05, 0) is 41.5 Å². The van der Waals surface area contributed by atoms with Crippen molar-refractivity contribution in [2.75, 3.05) is 0 Å². The van der Waals surface area contributed by atoms with Gasteiger partial charge in [-0.15, -0.1) is 0 Å². The molecule has 94 valence electrons. The Morgan fingerprint density at radius 2 is 1.79 bits per heavy atom. The highest BCUT2D eigenvalue weighted by atomic mass is 35.5. The monoisotopic (exact) mass is 288 g/mol. The summed E-state index contributed by atoms with van der Waals surface area (Å²) in [6.45, 7) is 0. The van der Waals surface area contributed by atoms with E-state index in [0.717, 1.165) is 20.9 Å². The number of carboxylic acids is 1. The maximum atomic E-state index is 11.0. The minimum atomic E-state index is -0.909. The largest absolute Gasteiger partial charge is 0.478 e. The van der Waals surface area contributed by atoms with Crippen LogP contribution in [0, 0.1) is 0 Å². The molecule has 2 nitrogen and oxygen atoms in total. The van der Waals surface area contributed by atoms with E-state index in [9.17, 15) is 4.79 Å². The fourth-order valence-corrected chi connectivity index (χ4v) is 3.17. The van der Waals surface area contributed by atoms with Gasteiger partial charge in [0, 0.05) is 14.8 Å². The Kier molecular flexibility index (Phi) is 3.09. The van der Waals surface area contributed by atoms with Gasteiger partial charge in [0.2, 0.25) is 0 Å². The van der Waals surface area contributed by atoms with E-state index < -0.39 is 5.97 Å². The van der Waals surface area contributed by atoms with Crippen molar-refractivity contribution in [1.29, 1.82) is 0 Å². The van der Waals surface area contributed by atoms with E-state index in [0.29, 0.717) is 10.6 Å². The topological polar surface area (TPSA) is 37.3 Å². The normalized spacial score (nSPS) is 12.5. The lowest BCUT2D eigenvalue weighted by atomic mass is 10.1. The third-order valence-corrected chi connectivity index (χ3v) is 4.29. The lowest BCUT2D eigenvalue weighted by Crippen LogP contribution is -1.96. The molecule has 2 aromatic rings. The van der Waals surface area contributed by atoms with Gasteiger partial charge in [-0.3, -0.25) is 0 Å². The molecule has 1 aliphatic heterocycles. The highest BCUT2D eigenvalue weighted by molar-refractivity contribution is 7.99. The summed E-state index contributed by atoms with van der Waals surface area (Å²) in [5, 5.41) is 9.74. The van der Waals surface area contributed by atoms with Gasteiger partial charge >= 0.3 is 5.97 Å². The third-order valence-electron chi connectivity index (χ3n) is 2.89. The summed E-state index contributed by atoms with van der Waals surface area (Å²) in [5.74, 6) is -0.909. The molecule has 0 aromatic heterocycles. The Bertz CT molecular complexity index is 707. The van der Waals surface area contributed by atoms with Crippen LogP contribution >= 0.6 is 23.4 Å². The fraction of sp³-hybridized carbons (Fsp3) is 0. The molecule has 0 amide bonds. The number of rotatable bonds is 1. The summed E-state index contributed by atoms with van der Waals surface area (Å²) in [7, 11) is 0. The van der Waals surface area contributed by atoms with Gasteiger partial charge < -0.3 is 5.11 Å². The summed E-state index contributed by atoms with van der Waals surface area (Å²) >= 11 is 7.55. The summed E-state index contributed by atoms with van der Waals surface area (Å²) in [5.41, 5.74) is 2.37. The quantitative estimate of drug-likeness (QED) is 0.707. The zero-order valence-electron chi connectivity index (χ0n) is 9.76. The van der Waals surface area contributed by atoms with Crippen LogP contribution < -0.4 is 0 Å². The predicted octanol–water partition coefficient (Wildman–Crippen LogP) is 4.67. The average Bonchev–Trinajstić information content (AvgIpc) is 2.56. The molecule has 1 aliphatic rings. The Morgan fingerprint density at radius 3 is 2.58 bits per heavy atom. The van der Waals surface area contributed by atoms with Gasteiger partial charge in [0.05, 0.1) is 5.56 Å². The van der Waals surface area contributed by atoms with Gasteiger partial charge in [0.1, 0.15) is 0 Å². The van der Waals surface area contributed by atoms with Gasteiger partial charge in [-0.2, -0.15) is 0 Å². The Balaban J connectivity index is 2.12. The highest BCUT2D eigenvalue weighted by Gasteiger charge is 2.13. The predicted molar refractivity (Wildman–Crippen MR) is 77.9 cm³/mol. The zero-order valence-corrected chi connectivity index (χ0v) is 11.3. The average molecular weight is 289 g/mol.